The second kappa shape index (κ2) is 11.4. The fourth-order valence-corrected chi connectivity index (χ4v) is 12.1. The monoisotopic (exact) mass is 584 g/mol. The van der Waals surface area contributed by atoms with Crippen LogP contribution in [0.15, 0.2) is 0 Å². The highest BCUT2D eigenvalue weighted by atomic mass is 17.1. The summed E-state index contributed by atoms with van der Waals surface area (Å²) in [6.45, 7) is 0. The molecule has 8 bridgehead atoms. The minimum atomic E-state index is -0.114. The van der Waals surface area contributed by atoms with E-state index >= 15 is 0 Å². The molecule has 5 aliphatic heterocycles. The number of hydrogen-bond donors (Lipinski definition) is 9. The lowest BCUT2D eigenvalue weighted by molar-refractivity contribution is -0.299. The van der Waals surface area contributed by atoms with Crippen LogP contribution in [-0.4, -0.2) is 60.7 Å². The molecule has 9 N–H and O–H groups in total. The first-order valence-corrected chi connectivity index (χ1v) is 18.1. The van der Waals surface area contributed by atoms with Crippen LogP contribution in [-0.2, 0) is 4.89 Å². The summed E-state index contributed by atoms with van der Waals surface area (Å²) in [5.74, 6) is 4.73. The number of nitrogens with one attached hydrogen (secondary N) is 8. The molecule has 0 amide bonds. The molecule has 17 unspecified atom stereocenters. The first-order valence-electron chi connectivity index (χ1n) is 18.1. The maximum absolute atomic E-state index is 10.0. The molecule has 0 aromatic carbocycles. The molecule has 10 heteroatoms. The lowest BCUT2D eigenvalue weighted by Crippen LogP contribution is -2.62. The third-order valence-corrected chi connectivity index (χ3v) is 14.0. The van der Waals surface area contributed by atoms with Gasteiger partial charge in [-0.25, -0.2) is 4.89 Å². The van der Waals surface area contributed by atoms with E-state index in [-0.39, 0.29) is 30.5 Å². The number of hydrogen-bond acceptors (Lipinski definition) is 10. The van der Waals surface area contributed by atoms with E-state index in [1.165, 1.54) is 83.5 Å². The molecular weight excluding hydrogens is 528 g/mol. The summed E-state index contributed by atoms with van der Waals surface area (Å²) in [5.41, 5.74) is 0. The molecule has 17 atom stereocenters. The molecule has 9 rings (SSSR count). The minimum Gasteiger partial charge on any atom is -0.286 e. The van der Waals surface area contributed by atoms with Gasteiger partial charge in [0.1, 0.15) is 0 Å². The van der Waals surface area contributed by atoms with E-state index in [0.717, 1.165) is 12.8 Å². The van der Waals surface area contributed by atoms with Crippen molar-refractivity contribution in [1.29, 1.82) is 0 Å². The Morgan fingerprint density at radius 2 is 0.619 bits per heavy atom. The average molecular weight is 585 g/mol. The normalized spacial score (nSPS) is 57.2. The first-order chi connectivity index (χ1) is 20.7. The molecule has 236 valence electrons. The van der Waals surface area contributed by atoms with Crippen LogP contribution in [0, 0.1) is 47.3 Å². The zero-order valence-electron chi connectivity index (χ0n) is 25.3. The molecule has 0 radical (unpaired) electrons. The summed E-state index contributed by atoms with van der Waals surface area (Å²) in [5, 5.41) is 43.2. The van der Waals surface area contributed by atoms with Crippen molar-refractivity contribution in [1.82, 2.24) is 42.5 Å². The van der Waals surface area contributed by atoms with Crippen LogP contribution in [0.5, 0.6) is 0 Å². The van der Waals surface area contributed by atoms with Gasteiger partial charge in [0, 0.05) is 5.92 Å². The standard InChI is InChI=1S/C32H56N8O2/c41-42-23-15-7-14-22-24(23)32-39-30-21-13-6-5-12-20(21)28(37-30)35-26-17-9-2-1-8-16(17)25(33-26)34-27-18-10-3-4-11-19(18)29(36-27)38-31(22)40-32/h16-41H,1-15H2. The van der Waals surface area contributed by atoms with Gasteiger partial charge in [-0.1, -0.05) is 44.9 Å². The quantitative estimate of drug-likeness (QED) is 0.167. The van der Waals surface area contributed by atoms with Gasteiger partial charge in [-0.05, 0) is 92.8 Å². The van der Waals surface area contributed by atoms with Gasteiger partial charge in [-0.2, -0.15) is 0 Å². The molecule has 5 heterocycles. The molecule has 0 aromatic heterocycles. The summed E-state index contributed by atoms with van der Waals surface area (Å²) < 4.78 is 0. The van der Waals surface area contributed by atoms with Crippen molar-refractivity contribution in [3.63, 3.8) is 0 Å². The predicted octanol–water partition coefficient (Wildman–Crippen LogP) is 2.07. The Balaban J connectivity index is 1.06. The van der Waals surface area contributed by atoms with Crippen LogP contribution in [0.1, 0.15) is 96.3 Å². The Hall–Kier alpha value is -0.400. The summed E-state index contributed by atoms with van der Waals surface area (Å²) in [4.78, 5) is 5.22. The molecule has 5 saturated heterocycles. The summed E-state index contributed by atoms with van der Waals surface area (Å²) >= 11 is 0. The third kappa shape index (κ3) is 4.65. The Bertz CT molecular complexity index is 973. The summed E-state index contributed by atoms with van der Waals surface area (Å²) in [6.07, 6.45) is 21.5. The summed E-state index contributed by atoms with van der Waals surface area (Å²) in [7, 11) is 0. The fourth-order valence-electron chi connectivity index (χ4n) is 12.1. The highest BCUT2D eigenvalue weighted by Gasteiger charge is 2.55. The Labute approximate surface area is 251 Å². The molecule has 0 spiro atoms. The Kier molecular flexibility index (Phi) is 7.59. The molecule has 42 heavy (non-hydrogen) atoms. The van der Waals surface area contributed by atoms with Gasteiger partial charge in [-0.15, -0.1) is 0 Å². The molecule has 4 saturated carbocycles. The van der Waals surface area contributed by atoms with E-state index in [9.17, 15) is 5.26 Å². The fraction of sp³-hybridized carbons (Fsp3) is 1.00. The highest BCUT2D eigenvalue weighted by Crippen LogP contribution is 2.46. The second-order valence-corrected chi connectivity index (χ2v) is 15.8. The second-order valence-electron chi connectivity index (χ2n) is 15.8. The Morgan fingerprint density at radius 1 is 0.333 bits per heavy atom. The van der Waals surface area contributed by atoms with E-state index < -0.39 is 0 Å². The molecule has 9 fully saturated rings. The lowest BCUT2D eigenvalue weighted by Gasteiger charge is -2.37. The van der Waals surface area contributed by atoms with E-state index in [2.05, 4.69) is 42.5 Å². The van der Waals surface area contributed by atoms with Crippen LogP contribution in [0.25, 0.3) is 0 Å². The van der Waals surface area contributed by atoms with E-state index in [4.69, 9.17) is 4.89 Å². The van der Waals surface area contributed by atoms with E-state index in [1.807, 2.05) is 0 Å². The number of rotatable bonds is 1. The van der Waals surface area contributed by atoms with E-state index in [1.54, 1.807) is 0 Å². The maximum atomic E-state index is 10.0. The van der Waals surface area contributed by atoms with Crippen molar-refractivity contribution in [2.24, 2.45) is 47.3 Å². The lowest BCUT2D eigenvalue weighted by atomic mass is 9.75. The van der Waals surface area contributed by atoms with Crippen molar-refractivity contribution in [3.05, 3.63) is 0 Å². The van der Waals surface area contributed by atoms with Crippen molar-refractivity contribution >= 4 is 0 Å². The van der Waals surface area contributed by atoms with Crippen LogP contribution < -0.4 is 42.5 Å². The van der Waals surface area contributed by atoms with Crippen LogP contribution in [0.3, 0.4) is 0 Å². The first kappa shape index (κ1) is 27.9. The van der Waals surface area contributed by atoms with Crippen LogP contribution in [0.4, 0.5) is 0 Å². The van der Waals surface area contributed by atoms with Gasteiger partial charge in [0.25, 0.3) is 0 Å². The van der Waals surface area contributed by atoms with Gasteiger partial charge in [0.2, 0.25) is 0 Å². The topological polar surface area (TPSA) is 126 Å². The van der Waals surface area contributed by atoms with Crippen LogP contribution in [0.2, 0.25) is 0 Å². The average Bonchev–Trinajstić information content (AvgIpc) is 3.76. The van der Waals surface area contributed by atoms with Gasteiger partial charge in [0.05, 0.1) is 55.4 Å². The maximum Gasteiger partial charge on any atom is 0.0986 e. The predicted molar refractivity (Wildman–Crippen MR) is 160 cm³/mol. The molecule has 0 aromatic rings. The SMILES string of the molecule is OOC1CCCC2C3NC4NC(NC5NC(NC6NC(NC(N3)C12)C1CCCCC61)C1CCCCC51)C1CCCCC41. The van der Waals surface area contributed by atoms with Crippen molar-refractivity contribution < 1.29 is 10.1 Å². The van der Waals surface area contributed by atoms with Gasteiger partial charge in [0.15, 0.2) is 0 Å². The molecule has 9 aliphatic rings. The van der Waals surface area contributed by atoms with Crippen molar-refractivity contribution in [2.75, 3.05) is 0 Å². The zero-order chi connectivity index (χ0) is 27.8. The summed E-state index contributed by atoms with van der Waals surface area (Å²) in [6, 6.07) is 0. The van der Waals surface area contributed by atoms with Crippen molar-refractivity contribution in [2.45, 2.75) is 152 Å². The van der Waals surface area contributed by atoms with Gasteiger partial charge < -0.3 is 0 Å². The Morgan fingerprint density at radius 3 is 0.952 bits per heavy atom. The van der Waals surface area contributed by atoms with Crippen molar-refractivity contribution in [3.8, 4) is 0 Å². The molecule has 4 aliphatic carbocycles. The number of fused-ring (bicyclic) bond motifs is 20. The molecular formula is C32H56N8O2. The van der Waals surface area contributed by atoms with E-state index in [0.29, 0.717) is 72.3 Å². The zero-order valence-corrected chi connectivity index (χ0v) is 25.3. The smallest absolute Gasteiger partial charge is 0.0986 e. The van der Waals surface area contributed by atoms with Gasteiger partial charge >= 0.3 is 0 Å². The third-order valence-electron chi connectivity index (χ3n) is 14.0. The van der Waals surface area contributed by atoms with Gasteiger partial charge in [-0.3, -0.25) is 47.8 Å². The highest BCUT2D eigenvalue weighted by molar-refractivity contribution is 5.09. The minimum absolute atomic E-state index is 0.114. The van der Waals surface area contributed by atoms with Crippen LogP contribution >= 0.6 is 0 Å². The molecule has 10 nitrogen and oxygen atoms in total. The largest absolute Gasteiger partial charge is 0.286 e.